The molecule has 1 aliphatic rings. The van der Waals surface area contributed by atoms with Crippen molar-refractivity contribution in [1.29, 1.82) is 0 Å². The van der Waals surface area contributed by atoms with Crippen molar-refractivity contribution < 1.29 is 13.5 Å². The highest BCUT2D eigenvalue weighted by molar-refractivity contribution is 7.95. The molecule has 0 amide bonds. The van der Waals surface area contributed by atoms with Gasteiger partial charge in [-0.05, 0) is 17.7 Å². The molecule has 0 spiro atoms. The van der Waals surface area contributed by atoms with Crippen molar-refractivity contribution in [2.45, 2.75) is 11.3 Å². The molecule has 1 aromatic rings. The standard InChI is InChI=1S/C10H10O3S/c11-6-5-9-7-8-3-1-2-4-10(8)14(9,12)13/h1-4,7,11H,5-6H2. The quantitative estimate of drug-likeness (QED) is 0.798. The maximum atomic E-state index is 11.8. The molecule has 0 radical (unpaired) electrons. The van der Waals surface area contributed by atoms with Crippen LogP contribution in [0.3, 0.4) is 0 Å². The third-order valence-corrected chi connectivity index (χ3v) is 4.19. The number of rotatable bonds is 2. The molecule has 1 heterocycles. The molecule has 0 bridgehead atoms. The van der Waals surface area contributed by atoms with Crippen LogP contribution in [0.25, 0.3) is 6.08 Å². The fourth-order valence-corrected chi connectivity index (χ4v) is 3.17. The number of aliphatic hydroxyl groups is 1. The van der Waals surface area contributed by atoms with Crippen LogP contribution in [0.4, 0.5) is 0 Å². The van der Waals surface area contributed by atoms with Crippen LogP contribution in [-0.4, -0.2) is 20.1 Å². The van der Waals surface area contributed by atoms with Crippen molar-refractivity contribution in [3.05, 3.63) is 34.7 Å². The van der Waals surface area contributed by atoms with E-state index < -0.39 is 9.84 Å². The van der Waals surface area contributed by atoms with Gasteiger partial charge in [0.05, 0.1) is 9.80 Å². The van der Waals surface area contributed by atoms with E-state index in [-0.39, 0.29) is 13.0 Å². The lowest BCUT2D eigenvalue weighted by molar-refractivity contribution is 0.301. The van der Waals surface area contributed by atoms with Gasteiger partial charge in [-0.15, -0.1) is 0 Å². The van der Waals surface area contributed by atoms with E-state index in [0.29, 0.717) is 9.80 Å². The van der Waals surface area contributed by atoms with Crippen LogP contribution < -0.4 is 0 Å². The fourth-order valence-electron chi connectivity index (χ4n) is 1.55. The van der Waals surface area contributed by atoms with E-state index >= 15 is 0 Å². The first kappa shape index (κ1) is 9.43. The molecule has 1 aromatic carbocycles. The maximum absolute atomic E-state index is 11.8. The predicted octanol–water partition coefficient (Wildman–Crippen LogP) is 1.20. The molecule has 74 valence electrons. The van der Waals surface area contributed by atoms with E-state index in [1.54, 1.807) is 30.3 Å². The third kappa shape index (κ3) is 1.27. The smallest absolute Gasteiger partial charge is 0.203 e. The minimum atomic E-state index is -3.31. The zero-order valence-electron chi connectivity index (χ0n) is 7.47. The molecule has 0 aromatic heterocycles. The van der Waals surface area contributed by atoms with Gasteiger partial charge in [0.1, 0.15) is 0 Å². The van der Waals surface area contributed by atoms with E-state index in [1.807, 2.05) is 0 Å². The van der Waals surface area contributed by atoms with Crippen LogP contribution in [0.5, 0.6) is 0 Å². The summed E-state index contributed by atoms with van der Waals surface area (Å²) in [5.74, 6) is 0. The van der Waals surface area contributed by atoms with Crippen LogP contribution in [0.15, 0.2) is 34.1 Å². The Morgan fingerprint density at radius 1 is 1.21 bits per heavy atom. The molecular weight excluding hydrogens is 200 g/mol. The van der Waals surface area contributed by atoms with Gasteiger partial charge in [-0.3, -0.25) is 0 Å². The normalized spacial score (nSPS) is 17.6. The summed E-state index contributed by atoms with van der Waals surface area (Å²) in [6.07, 6.45) is 1.82. The van der Waals surface area contributed by atoms with Gasteiger partial charge in [0.15, 0.2) is 0 Å². The Hall–Kier alpha value is -1.13. The second-order valence-electron chi connectivity index (χ2n) is 3.13. The van der Waals surface area contributed by atoms with Crippen molar-refractivity contribution >= 4 is 15.9 Å². The summed E-state index contributed by atoms with van der Waals surface area (Å²) >= 11 is 0. The van der Waals surface area contributed by atoms with Gasteiger partial charge in [0.25, 0.3) is 0 Å². The zero-order chi connectivity index (χ0) is 10.2. The van der Waals surface area contributed by atoms with Gasteiger partial charge in [0, 0.05) is 13.0 Å². The lowest BCUT2D eigenvalue weighted by atomic mass is 10.2. The lowest BCUT2D eigenvalue weighted by Crippen LogP contribution is -2.01. The summed E-state index contributed by atoms with van der Waals surface area (Å²) in [6.45, 7) is -0.140. The van der Waals surface area contributed by atoms with Crippen LogP contribution in [0.2, 0.25) is 0 Å². The average molecular weight is 210 g/mol. The minimum absolute atomic E-state index is 0.140. The highest BCUT2D eigenvalue weighted by Gasteiger charge is 2.28. The van der Waals surface area contributed by atoms with Crippen molar-refractivity contribution in [2.24, 2.45) is 0 Å². The summed E-state index contributed by atoms with van der Waals surface area (Å²) < 4.78 is 23.6. The van der Waals surface area contributed by atoms with Crippen molar-refractivity contribution in [2.75, 3.05) is 6.61 Å². The van der Waals surface area contributed by atoms with E-state index in [9.17, 15) is 8.42 Å². The van der Waals surface area contributed by atoms with Crippen molar-refractivity contribution in [3.63, 3.8) is 0 Å². The first-order chi connectivity index (χ1) is 6.66. The van der Waals surface area contributed by atoms with E-state index in [0.717, 1.165) is 5.56 Å². The largest absolute Gasteiger partial charge is 0.396 e. The first-order valence-corrected chi connectivity index (χ1v) is 5.80. The van der Waals surface area contributed by atoms with Gasteiger partial charge < -0.3 is 5.11 Å². The Morgan fingerprint density at radius 2 is 1.93 bits per heavy atom. The Kier molecular flexibility index (Phi) is 2.17. The van der Waals surface area contributed by atoms with Crippen LogP contribution in [0.1, 0.15) is 12.0 Å². The Balaban J connectivity index is 2.57. The average Bonchev–Trinajstić information content (AvgIpc) is 2.41. The first-order valence-electron chi connectivity index (χ1n) is 4.32. The van der Waals surface area contributed by atoms with Gasteiger partial charge in [0.2, 0.25) is 9.84 Å². The molecule has 1 N–H and O–H groups in total. The van der Waals surface area contributed by atoms with Crippen molar-refractivity contribution in [3.8, 4) is 0 Å². The van der Waals surface area contributed by atoms with Gasteiger partial charge in [-0.2, -0.15) is 0 Å². The summed E-state index contributed by atoms with van der Waals surface area (Å²) in [7, 11) is -3.31. The Bertz CT molecular complexity index is 486. The fraction of sp³-hybridized carbons (Fsp3) is 0.200. The number of hydrogen-bond donors (Lipinski definition) is 1. The molecule has 14 heavy (non-hydrogen) atoms. The summed E-state index contributed by atoms with van der Waals surface area (Å²) in [5.41, 5.74) is 0.718. The molecular formula is C10H10O3S. The minimum Gasteiger partial charge on any atom is -0.396 e. The lowest BCUT2D eigenvalue weighted by Gasteiger charge is -2.00. The molecule has 0 saturated heterocycles. The second-order valence-corrected chi connectivity index (χ2v) is 5.10. The topological polar surface area (TPSA) is 54.4 Å². The van der Waals surface area contributed by atoms with Crippen LogP contribution in [-0.2, 0) is 9.84 Å². The van der Waals surface area contributed by atoms with Crippen LogP contribution in [0, 0.1) is 0 Å². The molecule has 4 heteroatoms. The molecule has 1 aliphatic heterocycles. The SMILES string of the molecule is O=S1(=O)C(CCO)=Cc2ccccc21. The number of hydrogen-bond acceptors (Lipinski definition) is 3. The third-order valence-electron chi connectivity index (χ3n) is 2.23. The zero-order valence-corrected chi connectivity index (χ0v) is 8.29. The summed E-state index contributed by atoms with van der Waals surface area (Å²) in [6, 6.07) is 6.85. The number of benzene rings is 1. The number of aliphatic hydroxyl groups excluding tert-OH is 1. The van der Waals surface area contributed by atoms with Gasteiger partial charge >= 0.3 is 0 Å². The maximum Gasteiger partial charge on any atom is 0.203 e. The second kappa shape index (κ2) is 3.22. The Morgan fingerprint density at radius 3 is 2.57 bits per heavy atom. The molecule has 0 saturated carbocycles. The highest BCUT2D eigenvalue weighted by Crippen LogP contribution is 2.33. The molecule has 0 unspecified atom stereocenters. The van der Waals surface area contributed by atoms with E-state index in [2.05, 4.69) is 0 Å². The molecule has 0 fully saturated rings. The van der Waals surface area contributed by atoms with Gasteiger partial charge in [-0.25, -0.2) is 8.42 Å². The molecule has 3 nitrogen and oxygen atoms in total. The number of sulfone groups is 1. The molecule has 2 rings (SSSR count). The van der Waals surface area contributed by atoms with Gasteiger partial charge in [-0.1, -0.05) is 18.2 Å². The molecule has 0 atom stereocenters. The molecule has 0 aliphatic carbocycles. The Labute approximate surface area is 82.6 Å². The van der Waals surface area contributed by atoms with E-state index in [1.165, 1.54) is 0 Å². The summed E-state index contributed by atoms with van der Waals surface area (Å²) in [4.78, 5) is 0.657. The van der Waals surface area contributed by atoms with Crippen LogP contribution >= 0.6 is 0 Å². The summed E-state index contributed by atoms with van der Waals surface area (Å²) in [5, 5.41) is 8.73. The predicted molar refractivity (Wildman–Crippen MR) is 53.3 cm³/mol. The monoisotopic (exact) mass is 210 g/mol. The number of fused-ring (bicyclic) bond motifs is 1. The van der Waals surface area contributed by atoms with Crippen molar-refractivity contribution in [1.82, 2.24) is 0 Å². The highest BCUT2D eigenvalue weighted by atomic mass is 32.2. The van der Waals surface area contributed by atoms with E-state index in [4.69, 9.17) is 5.11 Å².